The fraction of sp³-hybridized carbons (Fsp3) is 0.471. The predicted octanol–water partition coefficient (Wildman–Crippen LogP) is 2.08. The number of hydrogen-bond donors (Lipinski definition) is 1. The van der Waals surface area contributed by atoms with Gasteiger partial charge < -0.3 is 19.4 Å². The Kier molecular flexibility index (Phi) is 4.12. The highest BCUT2D eigenvalue weighted by Gasteiger charge is 2.44. The molecule has 1 N–H and O–H groups in total. The van der Waals surface area contributed by atoms with Crippen LogP contribution in [0.25, 0.3) is 0 Å². The van der Waals surface area contributed by atoms with Gasteiger partial charge in [0, 0.05) is 13.0 Å². The second kappa shape index (κ2) is 6.44. The van der Waals surface area contributed by atoms with Crippen molar-refractivity contribution in [3.63, 3.8) is 0 Å². The minimum absolute atomic E-state index is 0.0327. The zero-order chi connectivity index (χ0) is 17.3. The second-order valence-corrected chi connectivity index (χ2v) is 6.61. The Morgan fingerprint density at radius 2 is 2.24 bits per heavy atom. The summed E-state index contributed by atoms with van der Waals surface area (Å²) in [5.41, 5.74) is 0.208. The van der Waals surface area contributed by atoms with Crippen molar-refractivity contribution in [3.05, 3.63) is 42.4 Å². The molecule has 2 saturated heterocycles. The Morgan fingerprint density at radius 1 is 1.40 bits per heavy atom. The third-order valence-corrected chi connectivity index (χ3v) is 4.76. The first-order chi connectivity index (χ1) is 12.1. The first-order valence-electron chi connectivity index (χ1n) is 8.33. The smallest absolute Gasteiger partial charge is 0.257 e. The lowest BCUT2D eigenvalue weighted by Gasteiger charge is -2.39. The number of ether oxygens (including phenoxy) is 1. The van der Waals surface area contributed by atoms with Crippen molar-refractivity contribution in [1.82, 2.24) is 14.9 Å². The topological polar surface area (TPSA) is 80.5 Å². The molecule has 0 aromatic carbocycles. The minimum Gasteiger partial charge on any atom is -0.472 e. The molecule has 2 aliphatic heterocycles. The van der Waals surface area contributed by atoms with E-state index in [1.165, 1.54) is 12.5 Å². The number of anilines is 1. The molecule has 2 unspecified atom stereocenters. The molecule has 0 aliphatic carbocycles. The molecule has 4 heterocycles. The van der Waals surface area contributed by atoms with Crippen LogP contribution in [0.15, 0.2) is 35.4 Å². The third kappa shape index (κ3) is 3.34. The predicted molar refractivity (Wildman–Crippen MR) is 86.5 cm³/mol. The minimum atomic E-state index is -0.467. The van der Waals surface area contributed by atoms with E-state index in [0.717, 1.165) is 31.7 Å². The molecule has 1 spiro atoms. The maximum absolute atomic E-state index is 12.9. The molecule has 132 valence electrons. The van der Waals surface area contributed by atoms with Crippen LogP contribution in [0.1, 0.15) is 29.6 Å². The molecular weight excluding hydrogens is 327 g/mol. The number of aromatic nitrogens is 2. The van der Waals surface area contributed by atoms with Crippen molar-refractivity contribution in [3.8, 4) is 0 Å². The second-order valence-electron chi connectivity index (χ2n) is 6.61. The summed E-state index contributed by atoms with van der Waals surface area (Å²) in [7, 11) is 0. The maximum atomic E-state index is 12.9. The molecule has 1 amide bonds. The van der Waals surface area contributed by atoms with Crippen LogP contribution in [0.3, 0.4) is 0 Å². The van der Waals surface area contributed by atoms with E-state index in [0.29, 0.717) is 31.2 Å². The van der Waals surface area contributed by atoms with E-state index in [1.54, 1.807) is 6.07 Å². The highest BCUT2D eigenvalue weighted by Crippen LogP contribution is 2.36. The Morgan fingerprint density at radius 3 is 3.00 bits per heavy atom. The van der Waals surface area contributed by atoms with E-state index < -0.39 is 5.82 Å². The van der Waals surface area contributed by atoms with E-state index in [-0.39, 0.29) is 17.6 Å². The van der Waals surface area contributed by atoms with Crippen LogP contribution in [0.2, 0.25) is 0 Å². The van der Waals surface area contributed by atoms with Gasteiger partial charge in [-0.05, 0) is 18.9 Å². The van der Waals surface area contributed by atoms with Gasteiger partial charge in [0.2, 0.25) is 5.95 Å². The van der Waals surface area contributed by atoms with E-state index in [9.17, 15) is 9.18 Å². The van der Waals surface area contributed by atoms with Gasteiger partial charge in [0.25, 0.3) is 5.91 Å². The van der Waals surface area contributed by atoms with Crippen LogP contribution in [0.5, 0.6) is 0 Å². The largest absolute Gasteiger partial charge is 0.472 e. The van der Waals surface area contributed by atoms with Crippen molar-refractivity contribution < 1.29 is 18.3 Å². The Hall–Kier alpha value is -2.48. The van der Waals surface area contributed by atoms with Crippen LogP contribution in [-0.4, -0.2) is 52.1 Å². The number of rotatable bonds is 3. The number of carbonyl (C=O) groups is 1. The number of amides is 1. The molecule has 2 atom stereocenters. The molecular formula is C17H19FN4O3. The molecule has 8 heteroatoms. The molecule has 2 fully saturated rings. The van der Waals surface area contributed by atoms with Crippen molar-refractivity contribution in [2.45, 2.75) is 30.9 Å². The fourth-order valence-corrected chi connectivity index (χ4v) is 3.63. The van der Waals surface area contributed by atoms with Crippen LogP contribution in [0.4, 0.5) is 10.3 Å². The average molecular weight is 346 g/mol. The Bertz CT molecular complexity index is 737. The molecule has 0 radical (unpaired) electrons. The quantitative estimate of drug-likeness (QED) is 0.917. The summed E-state index contributed by atoms with van der Waals surface area (Å²) in [6, 6.07) is 1.71. The molecule has 7 nitrogen and oxygen atoms in total. The molecule has 4 rings (SSSR count). The lowest BCUT2D eigenvalue weighted by atomic mass is 9.88. The first-order valence-corrected chi connectivity index (χ1v) is 8.33. The van der Waals surface area contributed by atoms with Crippen LogP contribution < -0.4 is 5.32 Å². The van der Waals surface area contributed by atoms with Gasteiger partial charge in [-0.2, -0.15) is 0 Å². The monoisotopic (exact) mass is 346 g/mol. The number of halogens is 1. The fourth-order valence-electron chi connectivity index (χ4n) is 3.63. The van der Waals surface area contributed by atoms with Crippen molar-refractivity contribution in [2.75, 3.05) is 25.0 Å². The molecule has 0 saturated carbocycles. The van der Waals surface area contributed by atoms with E-state index in [2.05, 4.69) is 15.3 Å². The Balaban J connectivity index is 1.40. The maximum Gasteiger partial charge on any atom is 0.257 e. The molecule has 0 bridgehead atoms. The SMILES string of the molecule is O=C(c1ccoc1)N1CCCC2(CC(Nc3ncc(F)cn3)CO2)C1. The number of nitrogens with one attached hydrogen (secondary N) is 1. The average Bonchev–Trinajstić information content (AvgIpc) is 3.27. The zero-order valence-corrected chi connectivity index (χ0v) is 13.7. The number of furan rings is 1. The molecule has 25 heavy (non-hydrogen) atoms. The summed E-state index contributed by atoms with van der Waals surface area (Å²) >= 11 is 0. The van der Waals surface area contributed by atoms with Gasteiger partial charge in [-0.25, -0.2) is 14.4 Å². The zero-order valence-electron chi connectivity index (χ0n) is 13.7. The van der Waals surface area contributed by atoms with Gasteiger partial charge >= 0.3 is 0 Å². The van der Waals surface area contributed by atoms with Gasteiger partial charge in [-0.1, -0.05) is 0 Å². The van der Waals surface area contributed by atoms with Crippen molar-refractivity contribution in [1.29, 1.82) is 0 Å². The number of nitrogens with zero attached hydrogens (tertiary/aromatic N) is 3. The number of carbonyl (C=O) groups excluding carboxylic acids is 1. The van der Waals surface area contributed by atoms with Gasteiger partial charge in [-0.15, -0.1) is 0 Å². The number of piperidine rings is 1. The summed E-state index contributed by atoms with van der Waals surface area (Å²) in [5, 5.41) is 3.18. The molecule has 2 aromatic heterocycles. The van der Waals surface area contributed by atoms with Crippen LogP contribution >= 0.6 is 0 Å². The van der Waals surface area contributed by atoms with E-state index in [4.69, 9.17) is 9.15 Å². The number of hydrogen-bond acceptors (Lipinski definition) is 6. The molecule has 2 aromatic rings. The lowest BCUT2D eigenvalue weighted by Crippen LogP contribution is -2.50. The van der Waals surface area contributed by atoms with Gasteiger partial charge in [0.15, 0.2) is 5.82 Å². The standard InChI is InChI=1S/C17H19FN4O3/c18-13-7-19-16(20-8-13)21-14-6-17(25-10-14)3-1-4-22(11-17)15(23)12-2-5-24-9-12/h2,5,7-9,14H,1,3-4,6,10-11H2,(H,19,20,21). The summed E-state index contributed by atoms with van der Waals surface area (Å²) in [6.45, 7) is 1.78. The van der Waals surface area contributed by atoms with E-state index in [1.807, 2.05) is 4.90 Å². The first kappa shape index (κ1) is 16.0. The summed E-state index contributed by atoms with van der Waals surface area (Å²) in [4.78, 5) is 22.2. The van der Waals surface area contributed by atoms with E-state index >= 15 is 0 Å². The van der Waals surface area contributed by atoms with Gasteiger partial charge in [0.05, 0.1) is 49.0 Å². The Labute approximate surface area is 144 Å². The summed E-state index contributed by atoms with van der Waals surface area (Å²) in [6.07, 6.45) is 7.79. The van der Waals surface area contributed by atoms with Crippen LogP contribution in [0, 0.1) is 5.82 Å². The highest BCUT2D eigenvalue weighted by molar-refractivity contribution is 5.93. The van der Waals surface area contributed by atoms with Gasteiger partial charge in [0.1, 0.15) is 6.26 Å². The number of likely N-dealkylation sites (tertiary alicyclic amines) is 1. The summed E-state index contributed by atoms with van der Waals surface area (Å²) < 4.78 is 24.0. The lowest BCUT2D eigenvalue weighted by molar-refractivity contribution is -0.0447. The molecule has 2 aliphatic rings. The van der Waals surface area contributed by atoms with Crippen molar-refractivity contribution >= 4 is 11.9 Å². The van der Waals surface area contributed by atoms with Crippen molar-refractivity contribution in [2.24, 2.45) is 0 Å². The van der Waals surface area contributed by atoms with Crippen LogP contribution in [-0.2, 0) is 4.74 Å². The normalized spacial score (nSPS) is 26.1. The third-order valence-electron chi connectivity index (χ3n) is 4.76. The van der Waals surface area contributed by atoms with Gasteiger partial charge in [-0.3, -0.25) is 4.79 Å². The summed E-state index contributed by atoms with van der Waals surface area (Å²) in [5.74, 6) is -0.116. The highest BCUT2D eigenvalue weighted by atomic mass is 19.1.